The topological polar surface area (TPSA) is 88.5 Å². The van der Waals surface area contributed by atoms with E-state index in [0.29, 0.717) is 0 Å². The van der Waals surface area contributed by atoms with Gasteiger partial charge >= 0.3 is 0 Å². The number of sulfone groups is 1. The molecular formula is C11H9N3NaO3S. The third-order valence-corrected chi connectivity index (χ3v) is 4.02. The Bertz CT molecular complexity index is 645. The Morgan fingerprint density at radius 2 is 1.68 bits per heavy atom. The first-order valence-corrected chi connectivity index (χ1v) is 6.47. The minimum atomic E-state index is -3.57. The molecule has 0 bridgehead atoms. The van der Waals surface area contributed by atoms with Crippen molar-refractivity contribution in [3.8, 4) is 0 Å². The summed E-state index contributed by atoms with van der Waals surface area (Å²) in [5, 5.41) is 2.44. The van der Waals surface area contributed by atoms with Gasteiger partial charge in [-0.15, -0.1) is 4.91 Å². The van der Waals surface area contributed by atoms with Crippen LogP contribution in [0.15, 0.2) is 63.7 Å². The number of nitrogens with zero attached hydrogens (tertiary/aromatic N) is 2. The summed E-state index contributed by atoms with van der Waals surface area (Å²) in [7, 11) is -3.57. The van der Waals surface area contributed by atoms with Gasteiger partial charge in [-0.2, -0.15) is 0 Å². The van der Waals surface area contributed by atoms with Crippen LogP contribution in [0.1, 0.15) is 0 Å². The normalized spacial score (nSPS) is 10.3. The van der Waals surface area contributed by atoms with E-state index in [1.54, 1.807) is 18.2 Å². The van der Waals surface area contributed by atoms with Crippen molar-refractivity contribution in [2.24, 2.45) is 5.29 Å². The number of nitroso groups, excluding NO2 is 1. The fourth-order valence-corrected chi connectivity index (χ4v) is 2.61. The number of hydrogen-bond acceptors (Lipinski definition) is 5. The molecule has 93 valence electrons. The summed E-state index contributed by atoms with van der Waals surface area (Å²) < 4.78 is 24.3. The number of rotatable bonds is 4. The number of aromatic nitrogens is 1. The number of pyridine rings is 1. The number of nitrogens with one attached hydrogen (secondary N) is 1. The van der Waals surface area contributed by atoms with E-state index >= 15 is 0 Å². The second-order valence-electron chi connectivity index (χ2n) is 3.40. The van der Waals surface area contributed by atoms with Crippen LogP contribution in [-0.2, 0) is 9.84 Å². The maximum absolute atomic E-state index is 12.2. The zero-order valence-electron chi connectivity index (χ0n) is 10.1. The van der Waals surface area contributed by atoms with Gasteiger partial charge in [0.15, 0.2) is 0 Å². The summed E-state index contributed by atoms with van der Waals surface area (Å²) >= 11 is 0. The molecular weight excluding hydrogens is 277 g/mol. The van der Waals surface area contributed by atoms with Crippen LogP contribution in [0, 0.1) is 4.91 Å². The van der Waals surface area contributed by atoms with Crippen LogP contribution in [0.3, 0.4) is 0 Å². The van der Waals surface area contributed by atoms with E-state index in [1.165, 1.54) is 30.5 Å². The number of benzene rings is 1. The van der Waals surface area contributed by atoms with Gasteiger partial charge in [-0.1, -0.05) is 18.2 Å². The maximum atomic E-state index is 12.2. The van der Waals surface area contributed by atoms with E-state index in [1.807, 2.05) is 0 Å². The molecule has 1 heterocycles. The average molecular weight is 286 g/mol. The molecule has 0 atom stereocenters. The zero-order chi connectivity index (χ0) is 13.0. The van der Waals surface area contributed by atoms with Crippen LogP contribution in [0.25, 0.3) is 0 Å². The molecule has 0 saturated heterocycles. The summed E-state index contributed by atoms with van der Waals surface area (Å²) in [4.78, 5) is 14.0. The molecule has 0 amide bonds. The average Bonchev–Trinajstić information content (AvgIpc) is 2.41. The van der Waals surface area contributed by atoms with Crippen molar-refractivity contribution in [1.29, 1.82) is 0 Å². The quantitative estimate of drug-likeness (QED) is 0.524. The molecule has 2 aromatic rings. The molecule has 0 spiro atoms. The van der Waals surface area contributed by atoms with Gasteiger partial charge in [0, 0.05) is 35.8 Å². The predicted molar refractivity (Wildman–Crippen MR) is 71.3 cm³/mol. The van der Waals surface area contributed by atoms with E-state index in [0.717, 1.165) is 0 Å². The van der Waals surface area contributed by atoms with Gasteiger partial charge in [0.2, 0.25) is 9.84 Å². The molecule has 19 heavy (non-hydrogen) atoms. The monoisotopic (exact) mass is 286 g/mol. The van der Waals surface area contributed by atoms with Crippen LogP contribution in [0.2, 0.25) is 0 Å². The Morgan fingerprint density at radius 3 is 2.21 bits per heavy atom. The van der Waals surface area contributed by atoms with Crippen LogP contribution in [0.4, 0.5) is 5.82 Å². The molecule has 0 aliphatic rings. The number of anilines is 1. The first kappa shape index (κ1) is 15.8. The summed E-state index contributed by atoms with van der Waals surface area (Å²) in [6, 6.07) is 10.8. The third-order valence-electron chi connectivity index (χ3n) is 2.26. The molecule has 1 N–H and O–H groups in total. The van der Waals surface area contributed by atoms with Gasteiger partial charge in [0.1, 0.15) is 5.82 Å². The fourth-order valence-electron chi connectivity index (χ4n) is 1.39. The van der Waals surface area contributed by atoms with Gasteiger partial charge < -0.3 is 0 Å². The molecule has 0 fully saturated rings. The Morgan fingerprint density at radius 1 is 1.00 bits per heavy atom. The second-order valence-corrected chi connectivity index (χ2v) is 5.35. The van der Waals surface area contributed by atoms with E-state index < -0.39 is 9.84 Å². The molecule has 0 saturated carbocycles. The first-order chi connectivity index (χ1) is 8.64. The van der Waals surface area contributed by atoms with Crippen LogP contribution >= 0.6 is 0 Å². The summed E-state index contributed by atoms with van der Waals surface area (Å²) in [5.41, 5.74) is 2.09. The largest absolute Gasteiger partial charge is 0.236 e. The Kier molecular flexibility index (Phi) is 5.61. The van der Waals surface area contributed by atoms with Crippen LogP contribution in [-0.4, -0.2) is 43.0 Å². The minimum absolute atomic E-state index is 0. The minimum Gasteiger partial charge on any atom is -0.236 e. The Labute approximate surface area is 132 Å². The van der Waals surface area contributed by atoms with E-state index in [9.17, 15) is 13.3 Å². The van der Waals surface area contributed by atoms with Crippen molar-refractivity contribution in [1.82, 2.24) is 4.98 Å². The van der Waals surface area contributed by atoms with Crippen molar-refractivity contribution in [3.63, 3.8) is 0 Å². The standard InChI is InChI=1S/C11H9N3O3S.Na/c15-14-13-11-7-6-10(8-12-11)18(16,17)9-4-2-1-3-5-9;/h1-8H,(H,12,13,15);. The van der Waals surface area contributed by atoms with Gasteiger partial charge in [-0.25, -0.2) is 18.8 Å². The Balaban J connectivity index is 0.00000180. The molecule has 0 aliphatic heterocycles. The molecule has 1 radical (unpaired) electrons. The van der Waals surface area contributed by atoms with Gasteiger partial charge in [0.25, 0.3) is 0 Å². The number of hydrogen-bond donors (Lipinski definition) is 1. The summed E-state index contributed by atoms with van der Waals surface area (Å²) in [6.07, 6.45) is 1.18. The van der Waals surface area contributed by atoms with Crippen molar-refractivity contribution in [2.75, 3.05) is 5.43 Å². The molecule has 1 aromatic carbocycles. The molecule has 2 rings (SSSR count). The second kappa shape index (κ2) is 6.76. The molecule has 0 aliphatic carbocycles. The van der Waals surface area contributed by atoms with Crippen molar-refractivity contribution < 1.29 is 8.42 Å². The summed E-state index contributed by atoms with van der Waals surface area (Å²) in [6.45, 7) is 0. The van der Waals surface area contributed by atoms with E-state index in [-0.39, 0.29) is 45.2 Å². The fraction of sp³-hybridized carbons (Fsp3) is 0. The maximum Gasteiger partial charge on any atom is 0.208 e. The SMILES string of the molecule is O=NNc1ccc(S(=O)(=O)c2ccccc2)cn1.[Na]. The summed E-state index contributed by atoms with van der Waals surface area (Å²) in [5.74, 6) is 0.192. The molecule has 8 heteroatoms. The van der Waals surface area contributed by atoms with Crippen molar-refractivity contribution >= 4 is 45.2 Å². The van der Waals surface area contributed by atoms with Gasteiger partial charge in [0.05, 0.1) is 15.1 Å². The Hall–Kier alpha value is -1.28. The van der Waals surface area contributed by atoms with Crippen molar-refractivity contribution in [2.45, 2.75) is 9.79 Å². The van der Waals surface area contributed by atoms with Crippen molar-refractivity contribution in [3.05, 3.63) is 53.6 Å². The third kappa shape index (κ3) is 3.60. The molecule has 1 aromatic heterocycles. The molecule has 0 unspecified atom stereocenters. The van der Waals surface area contributed by atoms with E-state index in [4.69, 9.17) is 0 Å². The first-order valence-electron chi connectivity index (χ1n) is 4.99. The zero-order valence-corrected chi connectivity index (χ0v) is 13.0. The molecule has 6 nitrogen and oxygen atoms in total. The smallest absolute Gasteiger partial charge is 0.208 e. The van der Waals surface area contributed by atoms with Crippen LogP contribution in [0.5, 0.6) is 0 Å². The predicted octanol–water partition coefficient (Wildman–Crippen LogP) is 1.63. The van der Waals surface area contributed by atoms with E-state index in [2.05, 4.69) is 15.7 Å². The van der Waals surface area contributed by atoms with Gasteiger partial charge in [-0.3, -0.25) is 0 Å². The van der Waals surface area contributed by atoms with Gasteiger partial charge in [-0.05, 0) is 24.3 Å². The van der Waals surface area contributed by atoms with Crippen LogP contribution < -0.4 is 5.43 Å².